The molecule has 0 spiro atoms. The zero-order valence-corrected chi connectivity index (χ0v) is 11.4. The molecule has 0 amide bonds. The Morgan fingerprint density at radius 1 is 1.00 bits per heavy atom. The summed E-state index contributed by atoms with van der Waals surface area (Å²) in [6.07, 6.45) is 0.298. The van der Waals surface area contributed by atoms with Crippen molar-refractivity contribution < 1.29 is 9.53 Å². The summed E-state index contributed by atoms with van der Waals surface area (Å²) < 4.78 is 6.19. The molecule has 0 N–H and O–H groups in total. The summed E-state index contributed by atoms with van der Waals surface area (Å²) in [5.74, 6) is -0.211. The monoisotopic (exact) mass is 304 g/mol. The minimum absolute atomic E-state index is 0.211. The Hall–Kier alpha value is -1.61. The molecule has 0 heterocycles. The van der Waals surface area contributed by atoms with Gasteiger partial charge < -0.3 is 4.74 Å². The first-order valence-electron chi connectivity index (χ1n) is 5.68. The molecule has 0 aliphatic heterocycles. The van der Waals surface area contributed by atoms with Gasteiger partial charge in [0.1, 0.15) is 6.61 Å². The minimum atomic E-state index is -0.211. The highest BCUT2D eigenvalue weighted by atomic mass is 79.9. The Kier molecular flexibility index (Phi) is 4.53. The van der Waals surface area contributed by atoms with Crippen LogP contribution in [0.15, 0.2) is 59.1 Å². The molecular weight excluding hydrogens is 292 g/mol. The van der Waals surface area contributed by atoms with Crippen LogP contribution in [0.4, 0.5) is 0 Å². The largest absolute Gasteiger partial charge is 0.461 e. The van der Waals surface area contributed by atoms with Crippen LogP contribution in [0.3, 0.4) is 0 Å². The summed E-state index contributed by atoms with van der Waals surface area (Å²) in [5.41, 5.74) is 1.95. The molecule has 0 aromatic heterocycles. The molecule has 2 aromatic rings. The van der Waals surface area contributed by atoms with Crippen LogP contribution in [-0.2, 0) is 22.6 Å². The normalized spacial score (nSPS) is 10.1. The van der Waals surface area contributed by atoms with E-state index < -0.39 is 0 Å². The molecule has 0 saturated heterocycles. The van der Waals surface area contributed by atoms with Gasteiger partial charge in [-0.15, -0.1) is 0 Å². The van der Waals surface area contributed by atoms with Crippen molar-refractivity contribution in [1.82, 2.24) is 0 Å². The number of esters is 1. The van der Waals surface area contributed by atoms with Crippen LogP contribution in [-0.4, -0.2) is 5.97 Å². The van der Waals surface area contributed by atoms with Crippen LogP contribution in [0.1, 0.15) is 11.1 Å². The zero-order chi connectivity index (χ0) is 12.8. The first-order chi connectivity index (χ1) is 8.74. The SMILES string of the molecule is O=C(Cc1cccc(Br)c1)OCc1ccccc1. The second-order valence-corrected chi connectivity index (χ2v) is 4.87. The smallest absolute Gasteiger partial charge is 0.310 e. The van der Waals surface area contributed by atoms with Gasteiger partial charge in [-0.3, -0.25) is 4.79 Å². The fourth-order valence-corrected chi connectivity index (χ4v) is 2.05. The summed E-state index contributed by atoms with van der Waals surface area (Å²) in [5, 5.41) is 0. The highest BCUT2D eigenvalue weighted by Crippen LogP contribution is 2.12. The van der Waals surface area contributed by atoms with Crippen molar-refractivity contribution in [2.45, 2.75) is 13.0 Å². The Morgan fingerprint density at radius 3 is 2.44 bits per heavy atom. The van der Waals surface area contributed by atoms with Crippen molar-refractivity contribution in [3.05, 3.63) is 70.2 Å². The van der Waals surface area contributed by atoms with Gasteiger partial charge in [-0.2, -0.15) is 0 Å². The number of hydrogen-bond donors (Lipinski definition) is 0. The minimum Gasteiger partial charge on any atom is -0.461 e. The number of hydrogen-bond acceptors (Lipinski definition) is 2. The van der Waals surface area contributed by atoms with Gasteiger partial charge in [-0.1, -0.05) is 58.4 Å². The molecule has 3 heteroatoms. The lowest BCUT2D eigenvalue weighted by Gasteiger charge is -2.05. The standard InChI is InChI=1S/C15H13BrO2/c16-14-8-4-7-13(9-14)10-15(17)18-11-12-5-2-1-3-6-12/h1-9H,10-11H2. The predicted octanol–water partition coefficient (Wildman–Crippen LogP) is 3.74. The summed E-state index contributed by atoms with van der Waals surface area (Å²) in [4.78, 5) is 11.7. The van der Waals surface area contributed by atoms with E-state index in [1.165, 1.54) is 0 Å². The third-order valence-electron chi connectivity index (χ3n) is 2.48. The number of benzene rings is 2. The average molecular weight is 305 g/mol. The molecule has 0 bridgehead atoms. The van der Waals surface area contributed by atoms with Crippen LogP contribution in [0.2, 0.25) is 0 Å². The van der Waals surface area contributed by atoms with Gasteiger partial charge in [-0.05, 0) is 23.3 Å². The van der Waals surface area contributed by atoms with Crippen molar-refractivity contribution in [3.8, 4) is 0 Å². The molecule has 0 radical (unpaired) electrons. The molecule has 2 aromatic carbocycles. The van der Waals surface area contributed by atoms with Crippen LogP contribution in [0.25, 0.3) is 0 Å². The lowest BCUT2D eigenvalue weighted by atomic mass is 10.1. The summed E-state index contributed by atoms with van der Waals surface area (Å²) in [6.45, 7) is 0.327. The first kappa shape index (κ1) is 12.8. The van der Waals surface area contributed by atoms with E-state index in [1.54, 1.807) is 0 Å². The second kappa shape index (κ2) is 6.36. The van der Waals surface area contributed by atoms with E-state index in [-0.39, 0.29) is 5.97 Å². The molecule has 2 rings (SSSR count). The summed E-state index contributed by atoms with van der Waals surface area (Å²) >= 11 is 3.38. The number of ether oxygens (including phenoxy) is 1. The molecular formula is C15H13BrO2. The summed E-state index contributed by atoms with van der Waals surface area (Å²) in [6, 6.07) is 17.3. The Bertz CT molecular complexity index is 523. The third-order valence-corrected chi connectivity index (χ3v) is 2.97. The number of carbonyl (C=O) groups excluding carboxylic acids is 1. The lowest BCUT2D eigenvalue weighted by Crippen LogP contribution is -2.07. The number of rotatable bonds is 4. The Labute approximate surface area is 115 Å². The van der Waals surface area contributed by atoms with Crippen molar-refractivity contribution in [2.24, 2.45) is 0 Å². The van der Waals surface area contributed by atoms with E-state index in [4.69, 9.17) is 4.74 Å². The molecule has 0 atom stereocenters. The molecule has 0 unspecified atom stereocenters. The van der Waals surface area contributed by atoms with Crippen LogP contribution in [0, 0.1) is 0 Å². The molecule has 92 valence electrons. The fraction of sp³-hybridized carbons (Fsp3) is 0.133. The Morgan fingerprint density at radius 2 is 1.72 bits per heavy atom. The maximum absolute atomic E-state index is 11.7. The average Bonchev–Trinajstić information content (AvgIpc) is 2.38. The van der Waals surface area contributed by atoms with Gasteiger partial charge in [0, 0.05) is 4.47 Å². The quantitative estimate of drug-likeness (QED) is 0.805. The van der Waals surface area contributed by atoms with E-state index in [0.29, 0.717) is 13.0 Å². The molecule has 2 nitrogen and oxygen atoms in total. The molecule has 0 aliphatic rings. The van der Waals surface area contributed by atoms with E-state index >= 15 is 0 Å². The number of carbonyl (C=O) groups is 1. The van der Waals surface area contributed by atoms with Gasteiger partial charge in [-0.25, -0.2) is 0 Å². The maximum atomic E-state index is 11.7. The van der Waals surface area contributed by atoms with Gasteiger partial charge in [0.25, 0.3) is 0 Å². The van der Waals surface area contributed by atoms with Crippen LogP contribution in [0.5, 0.6) is 0 Å². The highest BCUT2D eigenvalue weighted by molar-refractivity contribution is 9.10. The molecule has 0 fully saturated rings. The van der Waals surface area contributed by atoms with Crippen molar-refractivity contribution >= 4 is 21.9 Å². The highest BCUT2D eigenvalue weighted by Gasteiger charge is 2.05. The van der Waals surface area contributed by atoms with E-state index in [9.17, 15) is 4.79 Å². The van der Waals surface area contributed by atoms with Gasteiger partial charge >= 0.3 is 5.97 Å². The molecule has 0 saturated carbocycles. The second-order valence-electron chi connectivity index (χ2n) is 3.95. The predicted molar refractivity (Wildman–Crippen MR) is 74.1 cm³/mol. The van der Waals surface area contributed by atoms with E-state index in [2.05, 4.69) is 15.9 Å². The van der Waals surface area contributed by atoms with Crippen molar-refractivity contribution in [2.75, 3.05) is 0 Å². The van der Waals surface area contributed by atoms with Crippen molar-refractivity contribution in [3.63, 3.8) is 0 Å². The molecule has 0 aliphatic carbocycles. The van der Waals surface area contributed by atoms with Gasteiger partial charge in [0.2, 0.25) is 0 Å². The zero-order valence-electron chi connectivity index (χ0n) is 9.80. The summed E-state index contributed by atoms with van der Waals surface area (Å²) in [7, 11) is 0. The Balaban J connectivity index is 1.86. The third kappa shape index (κ3) is 4.00. The molecule has 18 heavy (non-hydrogen) atoms. The maximum Gasteiger partial charge on any atom is 0.310 e. The van der Waals surface area contributed by atoms with Crippen LogP contribution < -0.4 is 0 Å². The van der Waals surface area contributed by atoms with Gasteiger partial charge in [0.15, 0.2) is 0 Å². The topological polar surface area (TPSA) is 26.3 Å². The van der Waals surface area contributed by atoms with Crippen molar-refractivity contribution in [1.29, 1.82) is 0 Å². The van der Waals surface area contributed by atoms with Gasteiger partial charge in [0.05, 0.1) is 6.42 Å². The number of halogens is 1. The van der Waals surface area contributed by atoms with E-state index in [1.807, 2.05) is 54.6 Å². The first-order valence-corrected chi connectivity index (χ1v) is 6.47. The lowest BCUT2D eigenvalue weighted by molar-refractivity contribution is -0.144. The van der Waals surface area contributed by atoms with Crippen LogP contribution >= 0.6 is 15.9 Å². The van der Waals surface area contributed by atoms with E-state index in [0.717, 1.165) is 15.6 Å². The fourth-order valence-electron chi connectivity index (χ4n) is 1.60.